The third-order valence-corrected chi connectivity index (χ3v) is 3.93. The van der Waals surface area contributed by atoms with Crippen LogP contribution in [0.1, 0.15) is 18.1 Å². The Kier molecular flexibility index (Phi) is 4.88. The summed E-state index contributed by atoms with van der Waals surface area (Å²) in [6, 6.07) is 13.1. The Balaban J connectivity index is 1.62. The number of nitrogens with zero attached hydrogens (tertiary/aromatic N) is 1. The van der Waals surface area contributed by atoms with E-state index in [-0.39, 0.29) is 25.2 Å². The second-order valence-corrected chi connectivity index (χ2v) is 5.98. The molecule has 1 aliphatic rings. The fourth-order valence-electron chi connectivity index (χ4n) is 2.54. The van der Waals surface area contributed by atoms with E-state index in [0.717, 1.165) is 11.1 Å². The predicted octanol–water partition coefficient (Wildman–Crippen LogP) is 2.71. The minimum absolute atomic E-state index is 0.0162. The molecule has 0 unspecified atom stereocenters. The van der Waals surface area contributed by atoms with Crippen LogP contribution in [0.4, 0.5) is 5.69 Å². The highest BCUT2D eigenvalue weighted by Gasteiger charge is 2.17. The fourth-order valence-corrected chi connectivity index (χ4v) is 2.54. The highest BCUT2D eigenvalue weighted by Crippen LogP contribution is 2.34. The Hall–Kier alpha value is -3.02. The number of benzene rings is 2. The quantitative estimate of drug-likeness (QED) is 0.909. The molecule has 0 spiro atoms. The zero-order valence-electron chi connectivity index (χ0n) is 14.2. The smallest absolute Gasteiger partial charge is 0.244 e. The van der Waals surface area contributed by atoms with Crippen molar-refractivity contribution in [1.82, 2.24) is 4.90 Å². The largest absolute Gasteiger partial charge is 0.454 e. The first-order valence-corrected chi connectivity index (χ1v) is 8.02. The van der Waals surface area contributed by atoms with Crippen molar-refractivity contribution in [3.8, 4) is 11.5 Å². The average Bonchev–Trinajstić information content (AvgIpc) is 3.03. The van der Waals surface area contributed by atoms with E-state index < -0.39 is 0 Å². The second kappa shape index (κ2) is 7.25. The van der Waals surface area contributed by atoms with Crippen LogP contribution in [-0.4, -0.2) is 30.1 Å². The number of carbonyl (C=O) groups is 2. The summed E-state index contributed by atoms with van der Waals surface area (Å²) in [7, 11) is 0. The molecule has 1 N–H and O–H groups in total. The van der Waals surface area contributed by atoms with E-state index >= 15 is 0 Å². The first-order valence-electron chi connectivity index (χ1n) is 8.02. The van der Waals surface area contributed by atoms with E-state index in [0.29, 0.717) is 23.7 Å². The van der Waals surface area contributed by atoms with E-state index in [2.05, 4.69) is 5.32 Å². The molecule has 2 aromatic rings. The van der Waals surface area contributed by atoms with E-state index in [9.17, 15) is 9.59 Å². The number of hydrogen-bond donors (Lipinski definition) is 1. The van der Waals surface area contributed by atoms with Crippen LogP contribution in [-0.2, 0) is 16.1 Å². The fraction of sp³-hybridized carbons (Fsp3) is 0.263. The number of carbonyl (C=O) groups excluding carboxylic acids is 2. The summed E-state index contributed by atoms with van der Waals surface area (Å²) in [6.07, 6.45) is 0. The molecule has 25 heavy (non-hydrogen) atoms. The molecule has 0 bridgehead atoms. The van der Waals surface area contributed by atoms with Gasteiger partial charge in [0.25, 0.3) is 0 Å². The molecule has 2 aromatic carbocycles. The van der Waals surface area contributed by atoms with Crippen molar-refractivity contribution >= 4 is 17.5 Å². The summed E-state index contributed by atoms with van der Waals surface area (Å²) >= 11 is 0. The van der Waals surface area contributed by atoms with Gasteiger partial charge in [-0.2, -0.15) is 0 Å². The van der Waals surface area contributed by atoms with Crippen LogP contribution in [0.5, 0.6) is 11.5 Å². The Labute approximate surface area is 146 Å². The molecular formula is C19H20N2O4. The highest BCUT2D eigenvalue weighted by atomic mass is 16.7. The third-order valence-electron chi connectivity index (χ3n) is 3.93. The zero-order chi connectivity index (χ0) is 17.8. The van der Waals surface area contributed by atoms with Crippen LogP contribution >= 0.6 is 0 Å². The number of fused-ring (bicyclic) bond motifs is 1. The van der Waals surface area contributed by atoms with Crippen LogP contribution in [0, 0.1) is 6.92 Å². The first-order chi connectivity index (χ1) is 12.0. The van der Waals surface area contributed by atoms with E-state index in [1.54, 1.807) is 18.2 Å². The van der Waals surface area contributed by atoms with E-state index in [1.807, 2.05) is 31.2 Å². The van der Waals surface area contributed by atoms with Gasteiger partial charge in [0.2, 0.25) is 18.6 Å². The van der Waals surface area contributed by atoms with Crippen LogP contribution in [0.25, 0.3) is 0 Å². The number of ether oxygens (including phenoxy) is 2. The maximum atomic E-state index is 12.3. The predicted molar refractivity (Wildman–Crippen MR) is 93.5 cm³/mol. The SMILES string of the molecule is CC(=O)N(CC(=O)Nc1ccc2c(c1)OCO2)Cc1ccc(C)cc1. The number of hydrogen-bond acceptors (Lipinski definition) is 4. The lowest BCUT2D eigenvalue weighted by Gasteiger charge is -2.21. The lowest BCUT2D eigenvalue weighted by atomic mass is 10.1. The molecule has 0 aliphatic carbocycles. The van der Waals surface area contributed by atoms with Crippen LogP contribution in [0.2, 0.25) is 0 Å². The molecule has 1 aliphatic heterocycles. The lowest BCUT2D eigenvalue weighted by Crippen LogP contribution is -2.36. The van der Waals surface area contributed by atoms with Crippen LogP contribution in [0.15, 0.2) is 42.5 Å². The molecule has 0 aromatic heterocycles. The second-order valence-electron chi connectivity index (χ2n) is 5.98. The van der Waals surface area contributed by atoms with E-state index in [4.69, 9.17) is 9.47 Å². The summed E-state index contributed by atoms with van der Waals surface area (Å²) < 4.78 is 10.5. The van der Waals surface area contributed by atoms with Gasteiger partial charge in [-0.15, -0.1) is 0 Å². The van der Waals surface area contributed by atoms with Gasteiger partial charge in [0.15, 0.2) is 11.5 Å². The average molecular weight is 340 g/mol. The van der Waals surface area contributed by atoms with Gasteiger partial charge in [0.1, 0.15) is 6.54 Å². The molecule has 6 heteroatoms. The molecule has 2 amide bonds. The van der Waals surface area contributed by atoms with Gasteiger partial charge >= 0.3 is 0 Å². The Morgan fingerprint density at radius 3 is 2.52 bits per heavy atom. The minimum atomic E-state index is -0.263. The molecule has 1 heterocycles. The standard InChI is InChI=1S/C19H20N2O4/c1-13-3-5-15(6-4-13)10-21(14(2)22)11-19(23)20-16-7-8-17-18(9-16)25-12-24-17/h3-9H,10-12H2,1-2H3,(H,20,23). The maximum absolute atomic E-state index is 12.3. The number of amides is 2. The third kappa shape index (κ3) is 4.29. The Morgan fingerprint density at radius 2 is 1.80 bits per heavy atom. The van der Waals surface area contributed by atoms with Crippen molar-refractivity contribution < 1.29 is 19.1 Å². The number of nitrogens with one attached hydrogen (secondary N) is 1. The summed E-state index contributed by atoms with van der Waals surface area (Å²) in [5.41, 5.74) is 2.74. The summed E-state index contributed by atoms with van der Waals surface area (Å²) in [6.45, 7) is 4.02. The van der Waals surface area contributed by atoms with E-state index in [1.165, 1.54) is 11.8 Å². The van der Waals surface area contributed by atoms with Gasteiger partial charge in [-0.05, 0) is 24.6 Å². The molecule has 6 nitrogen and oxygen atoms in total. The van der Waals surface area contributed by atoms with Crippen LogP contribution in [0.3, 0.4) is 0 Å². The lowest BCUT2D eigenvalue weighted by molar-refractivity contribution is -0.133. The van der Waals surface area contributed by atoms with Crippen molar-refractivity contribution in [2.45, 2.75) is 20.4 Å². The molecule has 0 fully saturated rings. The summed E-state index contributed by atoms with van der Waals surface area (Å²) in [5, 5.41) is 2.78. The summed E-state index contributed by atoms with van der Waals surface area (Å²) in [4.78, 5) is 25.7. The number of rotatable bonds is 5. The Bertz CT molecular complexity index is 787. The summed E-state index contributed by atoms with van der Waals surface area (Å²) in [5.74, 6) is 0.839. The molecule has 0 radical (unpaired) electrons. The Morgan fingerprint density at radius 1 is 1.08 bits per heavy atom. The van der Waals surface area contributed by atoms with Crippen molar-refractivity contribution in [2.75, 3.05) is 18.7 Å². The van der Waals surface area contributed by atoms with Gasteiger partial charge < -0.3 is 19.7 Å². The van der Waals surface area contributed by atoms with Crippen molar-refractivity contribution in [1.29, 1.82) is 0 Å². The van der Waals surface area contributed by atoms with Crippen molar-refractivity contribution in [3.05, 3.63) is 53.6 Å². The maximum Gasteiger partial charge on any atom is 0.244 e. The molecule has 3 rings (SSSR count). The van der Waals surface area contributed by atoms with Gasteiger partial charge in [-0.25, -0.2) is 0 Å². The first kappa shape index (κ1) is 16.8. The number of aryl methyl sites for hydroxylation is 1. The molecule has 0 atom stereocenters. The monoisotopic (exact) mass is 340 g/mol. The van der Waals surface area contributed by atoms with Gasteiger partial charge in [0.05, 0.1) is 0 Å². The van der Waals surface area contributed by atoms with Gasteiger partial charge in [0, 0.05) is 25.2 Å². The molecule has 130 valence electrons. The normalized spacial score (nSPS) is 11.9. The molecule has 0 saturated heterocycles. The zero-order valence-corrected chi connectivity index (χ0v) is 14.2. The highest BCUT2D eigenvalue weighted by molar-refractivity contribution is 5.94. The van der Waals surface area contributed by atoms with Gasteiger partial charge in [-0.3, -0.25) is 9.59 Å². The molecule has 0 saturated carbocycles. The van der Waals surface area contributed by atoms with Crippen molar-refractivity contribution in [3.63, 3.8) is 0 Å². The van der Waals surface area contributed by atoms with Crippen LogP contribution < -0.4 is 14.8 Å². The van der Waals surface area contributed by atoms with Crippen molar-refractivity contribution in [2.24, 2.45) is 0 Å². The minimum Gasteiger partial charge on any atom is -0.454 e. The number of anilines is 1. The van der Waals surface area contributed by atoms with Gasteiger partial charge in [-0.1, -0.05) is 29.8 Å². The topological polar surface area (TPSA) is 67.9 Å². The molecular weight excluding hydrogens is 320 g/mol.